The molecule has 2 rings (SSSR count). The minimum Gasteiger partial charge on any atom is -0.489 e. The Kier molecular flexibility index (Phi) is 5.71. The summed E-state index contributed by atoms with van der Waals surface area (Å²) in [6, 6.07) is 4.30. The van der Waals surface area contributed by atoms with Crippen LogP contribution in [0.15, 0.2) is 59.8 Å². The van der Waals surface area contributed by atoms with Crippen molar-refractivity contribution in [1.82, 2.24) is 4.90 Å². The maximum atomic E-state index is 14.4. The Labute approximate surface area is 141 Å². The maximum Gasteiger partial charge on any atom is 0.256 e. The first kappa shape index (κ1) is 17.4. The molecule has 122 valence electrons. The Hall–Kier alpha value is -1.95. The van der Waals surface area contributed by atoms with Crippen molar-refractivity contribution < 1.29 is 17.9 Å². The zero-order valence-electron chi connectivity index (χ0n) is 12.2. The number of benzene rings is 1. The third-order valence-electron chi connectivity index (χ3n) is 3.18. The van der Waals surface area contributed by atoms with Gasteiger partial charge in [-0.1, -0.05) is 19.2 Å². The molecule has 0 fully saturated rings. The maximum absolute atomic E-state index is 14.4. The van der Waals surface area contributed by atoms with E-state index < -0.39 is 18.8 Å². The Morgan fingerprint density at radius 1 is 1.30 bits per heavy atom. The number of ether oxygens (including phenoxy) is 1. The van der Waals surface area contributed by atoms with Crippen LogP contribution in [0, 0.1) is 5.82 Å². The summed E-state index contributed by atoms with van der Waals surface area (Å²) in [6.45, 7) is 6.98. The summed E-state index contributed by atoms with van der Waals surface area (Å²) in [7, 11) is 0. The summed E-state index contributed by atoms with van der Waals surface area (Å²) in [6.07, 6.45) is 2.20. The highest BCUT2D eigenvalue weighted by molar-refractivity contribution is 9.12. The van der Waals surface area contributed by atoms with E-state index in [0.717, 1.165) is 0 Å². The van der Waals surface area contributed by atoms with Crippen LogP contribution in [0.25, 0.3) is 5.70 Å². The van der Waals surface area contributed by atoms with Crippen molar-refractivity contribution in [2.75, 3.05) is 13.2 Å². The van der Waals surface area contributed by atoms with Gasteiger partial charge in [0.15, 0.2) is 0 Å². The standard InChI is InChI=1S/C17H15BrF3NO/c1-3-8-23-12-4-5-13(15(19)9-12)16-7-6-14(18)11(2)22(16)10-17(20)21/h3-7,9,17H,1-2,8,10H2. The normalized spacial score (nSPS) is 14.7. The van der Waals surface area contributed by atoms with Crippen molar-refractivity contribution in [3.63, 3.8) is 0 Å². The van der Waals surface area contributed by atoms with E-state index >= 15 is 0 Å². The Morgan fingerprint density at radius 2 is 2.04 bits per heavy atom. The first-order valence-corrected chi connectivity index (χ1v) is 7.59. The molecule has 0 amide bonds. The molecule has 0 aromatic heterocycles. The van der Waals surface area contributed by atoms with Crippen LogP contribution in [0.4, 0.5) is 13.2 Å². The van der Waals surface area contributed by atoms with Crippen LogP contribution in [0.1, 0.15) is 5.56 Å². The van der Waals surface area contributed by atoms with E-state index in [1.165, 1.54) is 17.0 Å². The molecule has 1 aliphatic rings. The summed E-state index contributed by atoms with van der Waals surface area (Å²) in [5.41, 5.74) is 0.884. The average molecular weight is 386 g/mol. The van der Waals surface area contributed by atoms with Crippen LogP contribution in [-0.4, -0.2) is 24.5 Å². The van der Waals surface area contributed by atoms with Crippen molar-refractivity contribution >= 4 is 21.6 Å². The summed E-state index contributed by atoms with van der Waals surface area (Å²) in [5, 5.41) is 0. The smallest absolute Gasteiger partial charge is 0.256 e. The van der Waals surface area contributed by atoms with Crippen LogP contribution >= 0.6 is 15.9 Å². The molecule has 0 N–H and O–H groups in total. The zero-order chi connectivity index (χ0) is 17.0. The molecule has 0 atom stereocenters. The molecular weight excluding hydrogens is 371 g/mol. The SMILES string of the molecule is C=CCOc1ccc(C2=CC=C(Br)C(=C)N2CC(F)F)c(F)c1. The molecule has 0 saturated carbocycles. The third kappa shape index (κ3) is 4.07. The number of allylic oxidation sites excluding steroid dienone is 3. The van der Waals surface area contributed by atoms with Gasteiger partial charge in [-0.25, -0.2) is 13.2 Å². The van der Waals surface area contributed by atoms with Crippen LogP contribution < -0.4 is 4.74 Å². The van der Waals surface area contributed by atoms with Gasteiger partial charge in [0, 0.05) is 21.8 Å². The van der Waals surface area contributed by atoms with Crippen molar-refractivity contribution in [1.29, 1.82) is 0 Å². The van der Waals surface area contributed by atoms with Crippen LogP contribution in [0.5, 0.6) is 5.75 Å². The molecule has 1 aromatic carbocycles. The number of alkyl halides is 2. The topological polar surface area (TPSA) is 12.5 Å². The molecule has 23 heavy (non-hydrogen) atoms. The average Bonchev–Trinajstić information content (AvgIpc) is 2.50. The van der Waals surface area contributed by atoms with Crippen molar-refractivity contribution in [2.45, 2.75) is 6.43 Å². The van der Waals surface area contributed by atoms with E-state index in [1.54, 1.807) is 24.3 Å². The van der Waals surface area contributed by atoms with Gasteiger partial charge in [-0.3, -0.25) is 0 Å². The van der Waals surface area contributed by atoms with Gasteiger partial charge in [-0.15, -0.1) is 0 Å². The second kappa shape index (κ2) is 7.55. The number of hydrogen-bond donors (Lipinski definition) is 0. The van der Waals surface area contributed by atoms with Gasteiger partial charge in [0.05, 0.1) is 12.2 Å². The Morgan fingerprint density at radius 3 is 2.65 bits per heavy atom. The highest BCUT2D eigenvalue weighted by Crippen LogP contribution is 2.35. The van der Waals surface area contributed by atoms with E-state index in [4.69, 9.17) is 4.74 Å². The molecule has 0 bridgehead atoms. The lowest BCUT2D eigenvalue weighted by Gasteiger charge is -2.31. The summed E-state index contributed by atoms with van der Waals surface area (Å²) < 4.78 is 45.9. The second-order valence-corrected chi connectivity index (χ2v) is 5.61. The first-order chi connectivity index (χ1) is 10.9. The van der Waals surface area contributed by atoms with Crippen molar-refractivity contribution in [3.8, 4) is 5.75 Å². The highest BCUT2D eigenvalue weighted by Gasteiger charge is 2.24. The number of nitrogens with zero attached hydrogens (tertiary/aromatic N) is 1. The lowest BCUT2D eigenvalue weighted by Crippen LogP contribution is -2.28. The van der Waals surface area contributed by atoms with E-state index in [0.29, 0.717) is 21.6 Å². The van der Waals surface area contributed by atoms with Gasteiger partial charge in [-0.05, 0) is 40.2 Å². The van der Waals surface area contributed by atoms with Crippen molar-refractivity contribution in [3.05, 3.63) is 71.1 Å². The molecule has 0 radical (unpaired) electrons. The quantitative estimate of drug-likeness (QED) is 0.631. The molecule has 6 heteroatoms. The fourth-order valence-corrected chi connectivity index (χ4v) is 2.49. The van der Waals surface area contributed by atoms with E-state index in [1.807, 2.05) is 0 Å². The van der Waals surface area contributed by atoms with Gasteiger partial charge in [0.1, 0.15) is 18.2 Å². The number of hydrogen-bond acceptors (Lipinski definition) is 2. The molecule has 0 spiro atoms. The summed E-state index contributed by atoms with van der Waals surface area (Å²) in [4.78, 5) is 1.29. The molecule has 0 saturated heterocycles. The molecule has 1 aromatic rings. The van der Waals surface area contributed by atoms with Gasteiger partial charge < -0.3 is 9.64 Å². The molecule has 2 nitrogen and oxygen atoms in total. The van der Waals surface area contributed by atoms with E-state index in [9.17, 15) is 13.2 Å². The minimum absolute atomic E-state index is 0.203. The lowest BCUT2D eigenvalue weighted by atomic mass is 10.1. The molecular formula is C17H15BrF3NO. The predicted molar refractivity (Wildman–Crippen MR) is 88.9 cm³/mol. The molecule has 0 aliphatic carbocycles. The largest absolute Gasteiger partial charge is 0.489 e. The zero-order valence-corrected chi connectivity index (χ0v) is 13.8. The summed E-state index contributed by atoms with van der Waals surface area (Å²) >= 11 is 3.25. The van der Waals surface area contributed by atoms with Gasteiger partial charge >= 0.3 is 0 Å². The lowest BCUT2D eigenvalue weighted by molar-refractivity contribution is 0.123. The monoisotopic (exact) mass is 385 g/mol. The van der Waals surface area contributed by atoms with E-state index in [-0.39, 0.29) is 12.2 Å². The van der Waals surface area contributed by atoms with Crippen LogP contribution in [0.3, 0.4) is 0 Å². The van der Waals surface area contributed by atoms with Crippen LogP contribution in [-0.2, 0) is 0 Å². The predicted octanol–water partition coefficient (Wildman–Crippen LogP) is 5.10. The van der Waals surface area contributed by atoms with Crippen LogP contribution in [0.2, 0.25) is 0 Å². The second-order valence-electron chi connectivity index (χ2n) is 4.76. The highest BCUT2D eigenvalue weighted by atomic mass is 79.9. The van der Waals surface area contributed by atoms with Crippen molar-refractivity contribution in [2.24, 2.45) is 0 Å². The van der Waals surface area contributed by atoms with E-state index in [2.05, 4.69) is 29.1 Å². The first-order valence-electron chi connectivity index (χ1n) is 6.80. The summed E-state index contributed by atoms with van der Waals surface area (Å²) in [5.74, 6) is -0.213. The number of halogens is 4. The van der Waals surface area contributed by atoms with Gasteiger partial charge in [0.25, 0.3) is 6.43 Å². The van der Waals surface area contributed by atoms with Gasteiger partial charge in [0.2, 0.25) is 0 Å². The fraction of sp³-hybridized carbons (Fsp3) is 0.176. The molecule has 1 heterocycles. The Bertz CT molecular complexity index is 682. The number of rotatable bonds is 6. The Balaban J connectivity index is 2.37. The third-order valence-corrected chi connectivity index (χ3v) is 3.91. The van der Waals surface area contributed by atoms with Gasteiger partial charge in [-0.2, -0.15) is 0 Å². The molecule has 1 aliphatic heterocycles. The minimum atomic E-state index is -2.58. The molecule has 0 unspecified atom stereocenters. The fourth-order valence-electron chi connectivity index (χ4n) is 2.14.